The number of ether oxygens (including phenoxy) is 3. The third-order valence-corrected chi connectivity index (χ3v) is 13.2. The lowest BCUT2D eigenvalue weighted by Gasteiger charge is -2.35. The van der Waals surface area contributed by atoms with Crippen molar-refractivity contribution < 1.29 is 38.5 Å². The van der Waals surface area contributed by atoms with Crippen LogP contribution < -0.4 is 30.7 Å². The molecule has 3 amide bonds. The predicted octanol–water partition coefficient (Wildman–Crippen LogP) is 4.18. The lowest BCUT2D eigenvalue weighted by Crippen LogP contribution is -2.59. The lowest BCUT2D eigenvalue weighted by molar-refractivity contribution is -0.146. The topological polar surface area (TPSA) is 202 Å². The van der Waals surface area contributed by atoms with Gasteiger partial charge in [-0.2, -0.15) is 0 Å². The number of hydrogen-bond acceptors (Lipinski definition) is 12. The Morgan fingerprint density at radius 1 is 1.02 bits per heavy atom. The van der Waals surface area contributed by atoms with Crippen LogP contribution in [-0.4, -0.2) is 135 Å². The number of rotatable bonds is 16. The predicted molar refractivity (Wildman–Crippen MR) is 231 cm³/mol. The van der Waals surface area contributed by atoms with Crippen LogP contribution in [0, 0.1) is 23.2 Å². The molecule has 2 aliphatic heterocycles. The molecule has 0 bridgehead atoms. The molecule has 3 aromatic rings. The number of carbonyl (C=O) groups is 4. The Hall–Kier alpha value is -5.16. The van der Waals surface area contributed by atoms with Crippen molar-refractivity contribution in [3.05, 3.63) is 36.5 Å². The normalized spacial score (nSPS) is 27.4. The highest BCUT2D eigenvalue weighted by molar-refractivity contribution is 5.96. The number of carboxylic acids is 1. The van der Waals surface area contributed by atoms with Crippen LogP contribution in [0.3, 0.4) is 0 Å². The molecule has 8 rings (SSSR count). The largest absolute Gasteiger partial charge is 0.492 e. The van der Waals surface area contributed by atoms with Gasteiger partial charge >= 0.3 is 12.1 Å². The summed E-state index contributed by atoms with van der Waals surface area (Å²) in [6, 6.07) is 7.34. The average Bonchev–Trinajstić information content (AvgIpc) is 3.89. The van der Waals surface area contributed by atoms with Crippen LogP contribution in [0.2, 0.25) is 0 Å². The molecule has 5 aliphatic rings. The molecule has 336 valence electrons. The molecule has 1 aromatic carbocycles. The SMILES string of the molecule is CC[C@@H]1C[C@]1(NC(=O)[C@@H]1C[C@@H](Oc2cc(-n3ccc(NC(C)C)n3)nc3cc(OCCN4CCNCC4)ccc23)CN1C(=O)[C@@H](NC(=O)O[C@@H]1C[C@@H]2C[C@@H]2C1)C(C)(C)C)C(=O)O. The Labute approximate surface area is 363 Å². The fourth-order valence-electron chi connectivity index (χ4n) is 9.54. The zero-order valence-electron chi connectivity index (χ0n) is 36.8. The summed E-state index contributed by atoms with van der Waals surface area (Å²) in [7, 11) is 0. The van der Waals surface area contributed by atoms with E-state index in [2.05, 4.69) is 26.2 Å². The number of likely N-dealkylation sites (tertiary alicyclic amines) is 1. The van der Waals surface area contributed by atoms with E-state index < -0.39 is 53.0 Å². The van der Waals surface area contributed by atoms with E-state index in [0.717, 1.165) is 45.6 Å². The Balaban J connectivity index is 1.07. The smallest absolute Gasteiger partial charge is 0.408 e. The third-order valence-electron chi connectivity index (χ3n) is 13.2. The number of carbonyl (C=O) groups excluding carboxylic acids is 3. The standard InChI is InChI=1S/C45H63N9O8/c1-7-29-24-45(29,42(57)58)50-40(55)35-22-32(25-53(35)41(56)39(44(4,5)6)49-43(59)62-31-19-27-18-28(27)20-31)61-36-23-38(54-13-10-37(51-54)47-26(2)3)48-34-21-30(8-9-33(34)36)60-17-16-52-14-11-46-12-15-52/h8-10,13,21,23,26-29,31-32,35,39,46H,7,11-12,14-20,22,24-25H2,1-6H3,(H,47,51)(H,49,59)(H,50,55)(H,57,58)/t27-,28+,29-,31+,32-,35+,39-,45-/m1/s1. The zero-order valence-corrected chi connectivity index (χ0v) is 36.8. The number of aliphatic carboxylic acids is 1. The highest BCUT2D eigenvalue weighted by Crippen LogP contribution is 2.52. The summed E-state index contributed by atoms with van der Waals surface area (Å²) >= 11 is 0. The number of piperazine rings is 1. The van der Waals surface area contributed by atoms with E-state index in [0.29, 0.717) is 65.3 Å². The van der Waals surface area contributed by atoms with Crippen LogP contribution in [0.15, 0.2) is 36.5 Å². The van der Waals surface area contributed by atoms with Gasteiger partial charge in [-0.3, -0.25) is 14.5 Å². The number of pyridine rings is 1. The molecule has 17 heteroatoms. The van der Waals surface area contributed by atoms with Gasteiger partial charge in [0.15, 0.2) is 5.82 Å². The molecule has 3 aliphatic carbocycles. The van der Waals surface area contributed by atoms with Gasteiger partial charge in [-0.15, -0.1) is 5.10 Å². The van der Waals surface area contributed by atoms with Gasteiger partial charge in [-0.05, 0) is 74.8 Å². The van der Waals surface area contributed by atoms with Gasteiger partial charge in [0.2, 0.25) is 11.8 Å². The van der Waals surface area contributed by atoms with Crippen LogP contribution in [0.25, 0.3) is 16.7 Å². The number of fused-ring (bicyclic) bond motifs is 2. The van der Waals surface area contributed by atoms with Crippen molar-refractivity contribution in [2.75, 3.05) is 51.2 Å². The van der Waals surface area contributed by atoms with Crippen molar-refractivity contribution in [1.82, 2.24) is 40.5 Å². The molecule has 62 heavy (non-hydrogen) atoms. The van der Waals surface area contributed by atoms with Crippen molar-refractivity contribution in [3.63, 3.8) is 0 Å². The number of carboxylic acid groups (broad SMARTS) is 1. The second-order valence-electron chi connectivity index (χ2n) is 19.3. The van der Waals surface area contributed by atoms with Gasteiger partial charge in [0.1, 0.15) is 53.8 Å². The van der Waals surface area contributed by atoms with E-state index >= 15 is 0 Å². The quantitative estimate of drug-likeness (QED) is 0.138. The summed E-state index contributed by atoms with van der Waals surface area (Å²) in [5, 5.41) is 28.0. The first-order valence-electron chi connectivity index (χ1n) is 22.4. The van der Waals surface area contributed by atoms with E-state index in [1.54, 1.807) is 10.7 Å². The fourth-order valence-corrected chi connectivity index (χ4v) is 9.54. The van der Waals surface area contributed by atoms with Crippen LogP contribution in [0.5, 0.6) is 11.5 Å². The zero-order chi connectivity index (χ0) is 43.9. The molecule has 2 aromatic heterocycles. The number of aromatic nitrogens is 3. The highest BCUT2D eigenvalue weighted by atomic mass is 16.6. The second-order valence-corrected chi connectivity index (χ2v) is 19.3. The molecule has 5 fully saturated rings. The number of alkyl carbamates (subject to hydrolysis) is 1. The molecule has 17 nitrogen and oxygen atoms in total. The van der Waals surface area contributed by atoms with Gasteiger partial charge in [0.25, 0.3) is 0 Å². The van der Waals surface area contributed by atoms with E-state index in [1.807, 2.05) is 72.0 Å². The third kappa shape index (κ3) is 9.58. The number of nitrogens with one attached hydrogen (secondary N) is 4. The summed E-state index contributed by atoms with van der Waals surface area (Å²) in [5.74, 6) is 1.12. The molecule has 0 radical (unpaired) electrons. The van der Waals surface area contributed by atoms with E-state index in [1.165, 1.54) is 11.3 Å². The first kappa shape index (κ1) is 43.5. The first-order valence-corrected chi connectivity index (χ1v) is 22.4. The van der Waals surface area contributed by atoms with Crippen molar-refractivity contribution in [1.29, 1.82) is 0 Å². The van der Waals surface area contributed by atoms with Gasteiger partial charge in [0, 0.05) is 75.0 Å². The maximum atomic E-state index is 14.8. The number of anilines is 1. The van der Waals surface area contributed by atoms with E-state index in [9.17, 15) is 24.3 Å². The molecular weight excluding hydrogens is 795 g/mol. The van der Waals surface area contributed by atoms with Crippen LogP contribution in [0.1, 0.15) is 80.1 Å². The van der Waals surface area contributed by atoms with Gasteiger partial charge < -0.3 is 45.5 Å². The molecule has 2 saturated heterocycles. The van der Waals surface area contributed by atoms with Crippen LogP contribution in [-0.2, 0) is 19.1 Å². The van der Waals surface area contributed by atoms with Crippen molar-refractivity contribution in [2.45, 2.75) is 116 Å². The Bertz CT molecular complexity index is 2140. The minimum atomic E-state index is -1.40. The summed E-state index contributed by atoms with van der Waals surface area (Å²) in [6.07, 6.45) is 4.07. The van der Waals surface area contributed by atoms with Gasteiger partial charge in [0.05, 0.1) is 12.1 Å². The van der Waals surface area contributed by atoms with Crippen molar-refractivity contribution >= 4 is 40.6 Å². The summed E-state index contributed by atoms with van der Waals surface area (Å²) in [6.45, 7) is 16.7. The lowest BCUT2D eigenvalue weighted by atomic mass is 9.85. The molecule has 0 unspecified atom stereocenters. The minimum absolute atomic E-state index is 0.0000804. The number of nitrogens with zero attached hydrogens (tertiary/aromatic N) is 5. The van der Waals surface area contributed by atoms with E-state index in [4.69, 9.17) is 24.3 Å². The molecule has 4 heterocycles. The monoisotopic (exact) mass is 857 g/mol. The molecule has 5 N–H and O–H groups in total. The summed E-state index contributed by atoms with van der Waals surface area (Å²) < 4.78 is 20.5. The maximum absolute atomic E-state index is 14.8. The Morgan fingerprint density at radius 2 is 1.77 bits per heavy atom. The van der Waals surface area contributed by atoms with Crippen molar-refractivity contribution in [3.8, 4) is 17.3 Å². The maximum Gasteiger partial charge on any atom is 0.408 e. The molecule has 3 saturated carbocycles. The van der Waals surface area contributed by atoms with Gasteiger partial charge in [-0.1, -0.05) is 34.1 Å². The molecule has 0 spiro atoms. The van der Waals surface area contributed by atoms with Crippen molar-refractivity contribution in [2.24, 2.45) is 23.2 Å². The van der Waals surface area contributed by atoms with Crippen LogP contribution in [0.4, 0.5) is 10.6 Å². The fraction of sp³-hybridized carbons (Fsp3) is 0.644. The Kier molecular flexibility index (Phi) is 12.3. The average molecular weight is 858 g/mol. The second kappa shape index (κ2) is 17.5. The highest BCUT2D eigenvalue weighted by Gasteiger charge is 2.61. The minimum Gasteiger partial charge on any atom is -0.492 e. The number of benzene rings is 1. The summed E-state index contributed by atoms with van der Waals surface area (Å²) in [4.78, 5) is 63.7. The van der Waals surface area contributed by atoms with E-state index in [-0.39, 0.29) is 31.0 Å². The first-order chi connectivity index (χ1) is 29.6. The molecule has 8 atom stereocenters. The number of amides is 3. The van der Waals surface area contributed by atoms with Crippen LogP contribution >= 0.6 is 0 Å². The Morgan fingerprint density at radius 3 is 2.45 bits per heavy atom. The summed E-state index contributed by atoms with van der Waals surface area (Å²) in [5.41, 5.74) is -1.57. The van der Waals surface area contributed by atoms with Gasteiger partial charge in [-0.25, -0.2) is 19.3 Å². The number of hydrogen-bond donors (Lipinski definition) is 5. The molecular formula is C45H63N9O8.